The van der Waals surface area contributed by atoms with Crippen LogP contribution in [0.25, 0.3) is 0 Å². The average molecular weight is 339 g/mol. The third kappa shape index (κ3) is 3.83. The minimum atomic E-state index is -0.109. The summed E-state index contributed by atoms with van der Waals surface area (Å²) in [6.45, 7) is 1.47. The van der Waals surface area contributed by atoms with Crippen LogP contribution in [0.3, 0.4) is 0 Å². The van der Waals surface area contributed by atoms with E-state index in [0.29, 0.717) is 18.3 Å². The van der Waals surface area contributed by atoms with Crippen molar-refractivity contribution in [2.45, 2.75) is 44.7 Å². The largest absolute Gasteiger partial charge is 0.382 e. The Labute approximate surface area is 148 Å². The van der Waals surface area contributed by atoms with Crippen LogP contribution in [0, 0.1) is 11.8 Å². The van der Waals surface area contributed by atoms with Crippen LogP contribution >= 0.6 is 0 Å². The van der Waals surface area contributed by atoms with Crippen LogP contribution in [0.5, 0.6) is 0 Å². The fourth-order valence-corrected chi connectivity index (χ4v) is 4.25. The minimum absolute atomic E-state index is 0.109. The molecule has 1 amide bonds. The molecule has 2 aromatic rings. The second kappa shape index (κ2) is 7.25. The summed E-state index contributed by atoms with van der Waals surface area (Å²) in [6.07, 6.45) is 13.4. The fraction of sp³-hybridized carbons (Fsp3) is 0.526. The number of fused-ring (bicyclic) bond motifs is 2. The number of carbonyl (C=O) groups excluding carboxylic acids is 1. The van der Waals surface area contributed by atoms with Crippen molar-refractivity contribution in [2.75, 3.05) is 11.9 Å². The van der Waals surface area contributed by atoms with Gasteiger partial charge in [0.05, 0.1) is 6.33 Å². The van der Waals surface area contributed by atoms with Crippen molar-refractivity contribution < 1.29 is 4.79 Å². The molecule has 0 aromatic carbocycles. The first kappa shape index (κ1) is 16.1. The summed E-state index contributed by atoms with van der Waals surface area (Å²) in [5, 5.41) is 6.57. The maximum absolute atomic E-state index is 12.3. The maximum atomic E-state index is 12.3. The zero-order valence-corrected chi connectivity index (χ0v) is 14.4. The van der Waals surface area contributed by atoms with Gasteiger partial charge in [-0.3, -0.25) is 9.78 Å². The first-order valence-electron chi connectivity index (χ1n) is 9.24. The van der Waals surface area contributed by atoms with Crippen molar-refractivity contribution in [3.05, 3.63) is 42.7 Å². The lowest BCUT2D eigenvalue weighted by molar-refractivity contribution is 0.0948. The highest BCUT2D eigenvalue weighted by atomic mass is 16.1. The summed E-state index contributed by atoms with van der Waals surface area (Å²) in [5.74, 6) is 1.60. The predicted molar refractivity (Wildman–Crippen MR) is 96.3 cm³/mol. The number of pyridine rings is 1. The Morgan fingerprint density at radius 1 is 1.28 bits per heavy atom. The summed E-state index contributed by atoms with van der Waals surface area (Å²) in [4.78, 5) is 20.5. The Kier molecular flexibility index (Phi) is 4.68. The molecule has 2 aromatic heterocycles. The smallest absolute Gasteiger partial charge is 0.269 e. The molecular weight excluding hydrogens is 314 g/mol. The number of aryl methyl sites for hydroxylation is 1. The van der Waals surface area contributed by atoms with E-state index in [1.165, 1.54) is 25.7 Å². The highest BCUT2D eigenvalue weighted by Crippen LogP contribution is 2.45. The molecule has 6 nitrogen and oxygen atoms in total. The predicted octanol–water partition coefficient (Wildman–Crippen LogP) is 2.70. The molecule has 2 aliphatic carbocycles. The van der Waals surface area contributed by atoms with Gasteiger partial charge in [-0.1, -0.05) is 6.42 Å². The lowest BCUT2D eigenvalue weighted by atomic mass is 9.95. The Hall–Kier alpha value is -2.37. The lowest BCUT2D eigenvalue weighted by Crippen LogP contribution is -2.27. The Bertz CT molecular complexity index is 714. The topological polar surface area (TPSA) is 71.8 Å². The highest BCUT2D eigenvalue weighted by Gasteiger charge is 2.39. The van der Waals surface area contributed by atoms with Crippen LogP contribution in [0.2, 0.25) is 0 Å². The molecule has 0 aliphatic heterocycles. The second-order valence-corrected chi connectivity index (χ2v) is 7.27. The van der Waals surface area contributed by atoms with Crippen molar-refractivity contribution in [2.24, 2.45) is 11.8 Å². The number of aromatic nitrogens is 3. The van der Waals surface area contributed by atoms with Crippen molar-refractivity contribution in [1.29, 1.82) is 0 Å². The quantitative estimate of drug-likeness (QED) is 0.761. The molecule has 0 unspecified atom stereocenters. The number of amides is 1. The van der Waals surface area contributed by atoms with Gasteiger partial charge in [0.15, 0.2) is 0 Å². The van der Waals surface area contributed by atoms with E-state index in [2.05, 4.69) is 20.6 Å². The monoisotopic (exact) mass is 339 g/mol. The summed E-state index contributed by atoms with van der Waals surface area (Å²) in [5.41, 5.74) is 1.49. The molecule has 2 N–H and O–H groups in total. The number of rotatable bonds is 7. The normalized spacial score (nSPS) is 24.4. The van der Waals surface area contributed by atoms with Gasteiger partial charge in [-0.2, -0.15) is 0 Å². The summed E-state index contributed by atoms with van der Waals surface area (Å²) < 4.78 is 2.00. The first-order valence-corrected chi connectivity index (χ1v) is 9.24. The van der Waals surface area contributed by atoms with Gasteiger partial charge in [-0.15, -0.1) is 0 Å². The molecule has 6 heteroatoms. The van der Waals surface area contributed by atoms with E-state index in [1.807, 2.05) is 22.9 Å². The lowest BCUT2D eigenvalue weighted by Gasteiger charge is -2.24. The van der Waals surface area contributed by atoms with E-state index < -0.39 is 0 Å². The van der Waals surface area contributed by atoms with Gasteiger partial charge in [-0.25, -0.2) is 4.98 Å². The number of imidazole rings is 1. The Morgan fingerprint density at radius 3 is 3.00 bits per heavy atom. The fourth-order valence-electron chi connectivity index (χ4n) is 4.25. The zero-order chi connectivity index (χ0) is 17.1. The van der Waals surface area contributed by atoms with Crippen LogP contribution < -0.4 is 10.6 Å². The van der Waals surface area contributed by atoms with Gasteiger partial charge < -0.3 is 15.2 Å². The van der Waals surface area contributed by atoms with Gasteiger partial charge in [0, 0.05) is 43.4 Å². The molecule has 0 saturated heterocycles. The first-order chi connectivity index (χ1) is 12.3. The summed E-state index contributed by atoms with van der Waals surface area (Å²) >= 11 is 0. The molecule has 2 heterocycles. The summed E-state index contributed by atoms with van der Waals surface area (Å²) in [7, 11) is 0. The third-order valence-electron chi connectivity index (χ3n) is 5.52. The van der Waals surface area contributed by atoms with Gasteiger partial charge >= 0.3 is 0 Å². The van der Waals surface area contributed by atoms with E-state index in [-0.39, 0.29) is 5.91 Å². The van der Waals surface area contributed by atoms with Crippen LogP contribution in [-0.2, 0) is 6.54 Å². The molecule has 2 bridgehead atoms. The minimum Gasteiger partial charge on any atom is -0.382 e. The SMILES string of the molecule is O=C(NCCCn1ccnc1)c1cc(N[C@@H]2C[C@H]3CC[C@@H]2C3)ccn1. The number of hydrogen-bond donors (Lipinski definition) is 2. The Balaban J connectivity index is 1.27. The molecule has 2 fully saturated rings. The van der Waals surface area contributed by atoms with Crippen molar-refractivity contribution >= 4 is 11.6 Å². The van der Waals surface area contributed by atoms with E-state index in [9.17, 15) is 4.79 Å². The number of carbonyl (C=O) groups is 1. The van der Waals surface area contributed by atoms with Gasteiger partial charge in [-0.05, 0) is 49.7 Å². The molecular formula is C19H25N5O. The molecule has 25 heavy (non-hydrogen) atoms. The highest BCUT2D eigenvalue weighted by molar-refractivity contribution is 5.93. The van der Waals surface area contributed by atoms with Gasteiger partial charge in [0.2, 0.25) is 0 Å². The van der Waals surface area contributed by atoms with Crippen molar-refractivity contribution in [3.8, 4) is 0 Å². The average Bonchev–Trinajstić information content (AvgIpc) is 3.37. The number of anilines is 1. The van der Waals surface area contributed by atoms with Crippen LogP contribution in [0.15, 0.2) is 37.1 Å². The summed E-state index contributed by atoms with van der Waals surface area (Å²) in [6, 6.07) is 4.39. The van der Waals surface area contributed by atoms with Gasteiger partial charge in [0.25, 0.3) is 5.91 Å². The van der Waals surface area contributed by atoms with Crippen LogP contribution in [0.4, 0.5) is 5.69 Å². The van der Waals surface area contributed by atoms with E-state index >= 15 is 0 Å². The molecule has 0 radical (unpaired) electrons. The van der Waals surface area contributed by atoms with E-state index in [1.54, 1.807) is 18.7 Å². The maximum Gasteiger partial charge on any atom is 0.269 e. The molecule has 132 valence electrons. The molecule has 2 aliphatic rings. The molecule has 2 saturated carbocycles. The zero-order valence-electron chi connectivity index (χ0n) is 14.4. The standard InChI is InChI=1S/C19H25N5O/c25-19(22-5-1-8-24-9-7-20-13-24)18-12-16(4-6-21-18)23-17-11-14-2-3-15(17)10-14/h4,6-7,9,12-15,17H,1-3,5,8,10-11H2,(H,21,23)(H,22,25)/t14-,15+,17+/m0/s1. The van der Waals surface area contributed by atoms with Crippen molar-refractivity contribution in [1.82, 2.24) is 19.9 Å². The van der Waals surface area contributed by atoms with Crippen molar-refractivity contribution in [3.63, 3.8) is 0 Å². The number of nitrogens with one attached hydrogen (secondary N) is 2. The van der Waals surface area contributed by atoms with E-state index in [4.69, 9.17) is 0 Å². The number of nitrogens with zero attached hydrogens (tertiary/aromatic N) is 3. The molecule has 3 atom stereocenters. The Morgan fingerprint density at radius 2 is 2.24 bits per heavy atom. The van der Waals surface area contributed by atoms with Gasteiger partial charge in [0.1, 0.15) is 5.69 Å². The number of hydrogen-bond acceptors (Lipinski definition) is 4. The van der Waals surface area contributed by atoms with Crippen LogP contribution in [-0.4, -0.2) is 33.0 Å². The molecule has 0 spiro atoms. The van der Waals surface area contributed by atoms with Crippen LogP contribution in [0.1, 0.15) is 42.6 Å². The second-order valence-electron chi connectivity index (χ2n) is 7.27. The van der Waals surface area contributed by atoms with E-state index in [0.717, 1.165) is 30.5 Å². The molecule has 4 rings (SSSR count). The third-order valence-corrected chi connectivity index (χ3v) is 5.52.